The van der Waals surface area contributed by atoms with E-state index < -0.39 is 41.3 Å². The topological polar surface area (TPSA) is 189 Å². The maximum absolute atomic E-state index is 13.1. The number of nitrogens with two attached hydrogens (primary N) is 1. The van der Waals surface area contributed by atoms with Crippen molar-refractivity contribution in [3.63, 3.8) is 0 Å². The molecule has 0 saturated carbocycles. The number of carbonyl (C=O) groups is 4. The van der Waals surface area contributed by atoms with E-state index in [1.165, 1.54) is 30.6 Å². The Kier molecular flexibility index (Phi) is 13.1. The first-order chi connectivity index (χ1) is 25.0. The van der Waals surface area contributed by atoms with Gasteiger partial charge in [-0.05, 0) is 101 Å². The second kappa shape index (κ2) is 17.5. The van der Waals surface area contributed by atoms with Crippen molar-refractivity contribution >= 4 is 52.5 Å². The van der Waals surface area contributed by atoms with E-state index in [2.05, 4.69) is 36.6 Å². The number of nitrogens with one attached hydrogen (secondary N) is 5. The number of nitrogens with zero attached hydrogens (tertiary/aromatic N) is 2. The summed E-state index contributed by atoms with van der Waals surface area (Å²) in [5.74, 6) is -1.45. The number of amides is 4. The number of hydrogen-bond donors (Lipinski definition) is 6. The number of rotatable bonds is 13. The highest BCUT2D eigenvalue weighted by Gasteiger charge is 2.31. The zero-order chi connectivity index (χ0) is 38.8. The van der Waals surface area contributed by atoms with Gasteiger partial charge in [-0.15, -0.1) is 0 Å². The molecule has 0 unspecified atom stereocenters. The molecule has 0 bridgehead atoms. The fourth-order valence-corrected chi connectivity index (χ4v) is 4.80. The van der Waals surface area contributed by atoms with Crippen LogP contribution >= 0.6 is 0 Å². The fourth-order valence-electron chi connectivity index (χ4n) is 4.80. The van der Waals surface area contributed by atoms with Crippen molar-refractivity contribution in [1.29, 1.82) is 0 Å². The molecule has 0 radical (unpaired) electrons. The number of hydrogen-bond acceptors (Lipinski definition) is 9. The largest absolute Gasteiger partial charge is 0.444 e. The Morgan fingerprint density at radius 3 is 2.15 bits per heavy atom. The van der Waals surface area contributed by atoms with Crippen molar-refractivity contribution in [2.75, 3.05) is 27.8 Å². The van der Waals surface area contributed by atoms with E-state index >= 15 is 0 Å². The van der Waals surface area contributed by atoms with Crippen molar-refractivity contribution in [1.82, 2.24) is 15.3 Å². The van der Waals surface area contributed by atoms with Crippen LogP contribution in [0.4, 0.5) is 46.7 Å². The van der Waals surface area contributed by atoms with E-state index in [1.807, 2.05) is 0 Å². The molecule has 4 amide bonds. The standard InChI is InChI=1S/C37H41F3N8O5/c1-22-14-15-27(45-31(49)23-9-7-10-24(17-23)37(38,39)40)19-29(22)32(50)47-28-20-43-34(44-21-28)48-26-12-8-11-25(18-26)46-33(51)30(41)13-5-6-16-42-35(52)53-36(2,3)4/h7-12,14-15,17-21,30H,5-6,13,16,41H2,1-4H3,(H,42,52)(H,45,49)(H,46,51)(H,47,50)(H,43,44,48)/t30-/m0/s1. The first kappa shape index (κ1) is 39.8. The Balaban J connectivity index is 1.27. The van der Waals surface area contributed by atoms with Crippen LogP contribution in [0.25, 0.3) is 0 Å². The van der Waals surface area contributed by atoms with Gasteiger partial charge >= 0.3 is 12.3 Å². The lowest BCUT2D eigenvalue weighted by Gasteiger charge is -2.19. The lowest BCUT2D eigenvalue weighted by molar-refractivity contribution is -0.137. The van der Waals surface area contributed by atoms with Gasteiger partial charge in [0.25, 0.3) is 11.8 Å². The number of anilines is 5. The van der Waals surface area contributed by atoms with Crippen molar-refractivity contribution < 1.29 is 37.1 Å². The van der Waals surface area contributed by atoms with Gasteiger partial charge in [-0.25, -0.2) is 14.8 Å². The maximum atomic E-state index is 13.1. The zero-order valence-electron chi connectivity index (χ0n) is 29.6. The van der Waals surface area contributed by atoms with Gasteiger partial charge in [0.05, 0.1) is 29.7 Å². The van der Waals surface area contributed by atoms with Crippen LogP contribution in [0.2, 0.25) is 0 Å². The molecule has 16 heteroatoms. The SMILES string of the molecule is Cc1ccc(NC(=O)c2cccc(C(F)(F)F)c2)cc1C(=O)Nc1cnc(Nc2cccc(NC(=O)[C@@H](N)CCCCNC(=O)OC(C)(C)C)c2)nc1. The van der Waals surface area contributed by atoms with Gasteiger partial charge in [0.1, 0.15) is 5.60 Å². The summed E-state index contributed by atoms with van der Waals surface area (Å²) in [6, 6.07) is 14.7. The van der Waals surface area contributed by atoms with Gasteiger partial charge in [0, 0.05) is 34.7 Å². The van der Waals surface area contributed by atoms with E-state index in [9.17, 15) is 32.3 Å². The minimum atomic E-state index is -4.60. The molecular formula is C37H41F3N8O5. The smallest absolute Gasteiger partial charge is 0.416 e. The van der Waals surface area contributed by atoms with Gasteiger partial charge in [-0.3, -0.25) is 14.4 Å². The summed E-state index contributed by atoms with van der Waals surface area (Å²) in [6.07, 6.45) is -0.661. The first-order valence-electron chi connectivity index (χ1n) is 16.6. The number of ether oxygens (including phenoxy) is 1. The Bertz CT molecular complexity index is 1930. The van der Waals surface area contributed by atoms with Crippen molar-refractivity contribution in [3.8, 4) is 0 Å². The number of unbranched alkanes of at least 4 members (excludes halogenated alkanes) is 1. The van der Waals surface area contributed by atoms with Crippen molar-refractivity contribution in [3.05, 3.63) is 101 Å². The molecule has 0 spiro atoms. The molecule has 0 aliphatic heterocycles. The van der Waals surface area contributed by atoms with Crippen LogP contribution in [-0.2, 0) is 15.7 Å². The maximum Gasteiger partial charge on any atom is 0.416 e. The third kappa shape index (κ3) is 12.6. The normalized spacial score (nSPS) is 11.9. The minimum Gasteiger partial charge on any atom is -0.444 e. The Hall–Kier alpha value is -6.03. The summed E-state index contributed by atoms with van der Waals surface area (Å²) in [4.78, 5) is 58.7. The van der Waals surface area contributed by atoms with Gasteiger partial charge in [-0.1, -0.05) is 18.2 Å². The number of alkyl halides is 3. The Morgan fingerprint density at radius 2 is 1.45 bits per heavy atom. The predicted molar refractivity (Wildman–Crippen MR) is 195 cm³/mol. The molecule has 1 heterocycles. The number of aryl methyl sites for hydroxylation is 1. The number of benzene rings is 3. The molecule has 0 aliphatic rings. The van der Waals surface area contributed by atoms with Crippen LogP contribution in [0.5, 0.6) is 0 Å². The number of halogens is 3. The van der Waals surface area contributed by atoms with Crippen LogP contribution < -0.4 is 32.3 Å². The zero-order valence-corrected chi connectivity index (χ0v) is 29.6. The van der Waals surface area contributed by atoms with Crippen LogP contribution in [-0.4, -0.2) is 52.0 Å². The van der Waals surface area contributed by atoms with E-state index in [-0.39, 0.29) is 34.4 Å². The van der Waals surface area contributed by atoms with Crippen molar-refractivity contribution in [2.24, 2.45) is 5.73 Å². The van der Waals surface area contributed by atoms with Crippen LogP contribution in [0.15, 0.2) is 79.1 Å². The fraction of sp³-hybridized carbons (Fsp3) is 0.297. The molecule has 0 aliphatic carbocycles. The van der Waals surface area contributed by atoms with Gasteiger partial charge in [-0.2, -0.15) is 13.2 Å². The molecule has 1 aromatic heterocycles. The second-order valence-electron chi connectivity index (χ2n) is 13.0. The van der Waals surface area contributed by atoms with Gasteiger partial charge in [0.2, 0.25) is 11.9 Å². The lowest BCUT2D eigenvalue weighted by Crippen LogP contribution is -2.36. The number of alkyl carbamates (subject to hydrolysis) is 1. The highest BCUT2D eigenvalue weighted by molar-refractivity contribution is 6.08. The third-order valence-corrected chi connectivity index (χ3v) is 7.44. The molecule has 0 fully saturated rings. The summed E-state index contributed by atoms with van der Waals surface area (Å²) in [7, 11) is 0. The molecule has 1 atom stereocenters. The third-order valence-electron chi connectivity index (χ3n) is 7.44. The summed E-state index contributed by atoms with van der Waals surface area (Å²) < 4.78 is 44.5. The van der Waals surface area contributed by atoms with E-state index in [0.717, 1.165) is 18.2 Å². The molecule has 280 valence electrons. The monoisotopic (exact) mass is 734 g/mol. The molecule has 0 saturated heterocycles. The molecule has 53 heavy (non-hydrogen) atoms. The van der Waals surface area contributed by atoms with Crippen molar-refractivity contribution in [2.45, 2.75) is 64.8 Å². The Morgan fingerprint density at radius 1 is 0.792 bits per heavy atom. The number of aromatic nitrogens is 2. The summed E-state index contributed by atoms with van der Waals surface area (Å²) in [6.45, 7) is 7.43. The first-order valence-corrected chi connectivity index (χ1v) is 16.6. The number of carbonyl (C=O) groups excluding carboxylic acids is 4. The lowest BCUT2D eigenvalue weighted by atomic mass is 10.1. The average Bonchev–Trinajstić information content (AvgIpc) is 3.08. The predicted octanol–water partition coefficient (Wildman–Crippen LogP) is 7.01. The Labute approximate surface area is 304 Å². The van der Waals surface area contributed by atoms with E-state index in [0.29, 0.717) is 42.7 Å². The van der Waals surface area contributed by atoms with Gasteiger partial charge < -0.3 is 37.1 Å². The highest BCUT2D eigenvalue weighted by atomic mass is 19.4. The average molecular weight is 735 g/mol. The van der Waals surface area contributed by atoms with E-state index in [1.54, 1.807) is 58.0 Å². The molecule has 3 aromatic carbocycles. The van der Waals surface area contributed by atoms with Gasteiger partial charge in [0.15, 0.2) is 0 Å². The molecule has 4 aromatic rings. The van der Waals surface area contributed by atoms with E-state index in [4.69, 9.17) is 10.5 Å². The van der Waals surface area contributed by atoms with Crippen LogP contribution in [0.1, 0.15) is 71.9 Å². The minimum absolute atomic E-state index is 0.187. The highest BCUT2D eigenvalue weighted by Crippen LogP contribution is 2.30. The summed E-state index contributed by atoms with van der Waals surface area (Å²) in [5, 5.41) is 13.7. The quantitative estimate of drug-likeness (QED) is 0.0785. The molecule has 13 nitrogen and oxygen atoms in total. The molecular weight excluding hydrogens is 693 g/mol. The molecule has 7 N–H and O–H groups in total. The molecule has 4 rings (SSSR count). The second-order valence-corrected chi connectivity index (χ2v) is 13.0. The summed E-state index contributed by atoms with van der Waals surface area (Å²) in [5.41, 5.74) is 6.70. The van der Waals surface area contributed by atoms with Crippen LogP contribution in [0, 0.1) is 6.92 Å². The summed E-state index contributed by atoms with van der Waals surface area (Å²) >= 11 is 0. The van der Waals surface area contributed by atoms with Crippen LogP contribution in [0.3, 0.4) is 0 Å².